The minimum atomic E-state index is -0.926. The first-order valence-electron chi connectivity index (χ1n) is 8.12. The molecule has 0 aromatic rings. The number of amides is 1. The lowest BCUT2D eigenvalue weighted by Crippen LogP contribution is -2.46. The Morgan fingerprint density at radius 1 is 1.29 bits per heavy atom. The molecule has 1 rings (SSSR count). The Morgan fingerprint density at radius 3 is 2.48 bits per heavy atom. The highest BCUT2D eigenvalue weighted by Crippen LogP contribution is 2.23. The lowest BCUT2D eigenvalue weighted by atomic mass is 10.0. The molecular weight excluding hydrogens is 283 g/mol. The van der Waals surface area contributed by atoms with Gasteiger partial charge in [0.1, 0.15) is 6.10 Å². The van der Waals surface area contributed by atoms with Crippen LogP contribution < -0.4 is 5.32 Å². The smallest absolute Gasteiger partial charge is 0.249 e. The number of hydrogen-bond donors (Lipinski definition) is 2. The topological polar surface area (TPSA) is 52.6 Å². The highest BCUT2D eigenvalue weighted by molar-refractivity contribution is 7.36. The molecule has 0 radical (unpaired) electrons. The molecule has 5 heteroatoms. The van der Waals surface area contributed by atoms with Crippen molar-refractivity contribution in [1.82, 2.24) is 9.99 Å². The number of rotatable bonds is 6. The van der Waals surface area contributed by atoms with Crippen LogP contribution in [0.4, 0.5) is 0 Å². The van der Waals surface area contributed by atoms with Gasteiger partial charge in [0.25, 0.3) is 0 Å². The number of carbonyl (C=O) groups is 1. The van der Waals surface area contributed by atoms with Crippen molar-refractivity contribution in [2.75, 3.05) is 6.54 Å². The fourth-order valence-electron chi connectivity index (χ4n) is 2.34. The number of piperidine rings is 1. The lowest BCUT2D eigenvalue weighted by molar-refractivity contribution is -0.131. The molecule has 1 heterocycles. The van der Waals surface area contributed by atoms with E-state index in [1.54, 1.807) is 0 Å². The van der Waals surface area contributed by atoms with Crippen molar-refractivity contribution in [3.63, 3.8) is 0 Å². The van der Waals surface area contributed by atoms with E-state index in [1.807, 2.05) is 13.8 Å². The molecule has 122 valence electrons. The largest absolute Gasteiger partial charge is 0.383 e. The standard InChI is InChI=1S/C16H31N2O2P/c1-11(2)14(17-16(20)15(19)12(3)4)10-21-18-9-7-6-8-13(18)5/h10-15,19H,6-9H2,1-5H3,(H,17,20). The van der Waals surface area contributed by atoms with E-state index in [4.69, 9.17) is 0 Å². The van der Waals surface area contributed by atoms with E-state index < -0.39 is 6.10 Å². The predicted octanol–water partition coefficient (Wildman–Crippen LogP) is 2.68. The fraction of sp³-hybridized carbons (Fsp3) is 0.875. The summed E-state index contributed by atoms with van der Waals surface area (Å²) in [6.45, 7) is 11.3. The Kier molecular flexibility index (Phi) is 7.86. The van der Waals surface area contributed by atoms with Crippen molar-refractivity contribution < 1.29 is 9.90 Å². The van der Waals surface area contributed by atoms with Crippen LogP contribution in [0.25, 0.3) is 0 Å². The van der Waals surface area contributed by atoms with Crippen LogP contribution in [0.15, 0.2) is 0 Å². The molecule has 1 aliphatic heterocycles. The molecule has 4 nitrogen and oxygen atoms in total. The van der Waals surface area contributed by atoms with Crippen LogP contribution in [0.3, 0.4) is 0 Å². The molecule has 0 spiro atoms. The van der Waals surface area contributed by atoms with Gasteiger partial charge in [0.05, 0.1) is 6.04 Å². The van der Waals surface area contributed by atoms with Gasteiger partial charge in [0.2, 0.25) is 5.91 Å². The summed E-state index contributed by atoms with van der Waals surface area (Å²) in [4.78, 5) is 12.0. The fourth-order valence-corrected chi connectivity index (χ4v) is 3.67. The molecule has 1 fully saturated rings. The normalized spacial score (nSPS) is 23.7. The van der Waals surface area contributed by atoms with Crippen LogP contribution in [0.1, 0.15) is 53.9 Å². The Hall–Kier alpha value is -0.440. The summed E-state index contributed by atoms with van der Waals surface area (Å²) in [7, 11) is 1.18. The number of nitrogens with zero attached hydrogens (tertiary/aromatic N) is 1. The highest BCUT2D eigenvalue weighted by atomic mass is 31.1. The van der Waals surface area contributed by atoms with Crippen LogP contribution >= 0.6 is 8.35 Å². The van der Waals surface area contributed by atoms with Crippen molar-refractivity contribution >= 4 is 20.1 Å². The summed E-state index contributed by atoms with van der Waals surface area (Å²) >= 11 is 0. The van der Waals surface area contributed by atoms with Gasteiger partial charge in [-0.05, 0) is 45.8 Å². The third kappa shape index (κ3) is 6.06. The van der Waals surface area contributed by atoms with E-state index in [-0.39, 0.29) is 17.9 Å². The minimum Gasteiger partial charge on any atom is -0.383 e. The third-order valence-electron chi connectivity index (χ3n) is 4.07. The van der Waals surface area contributed by atoms with Gasteiger partial charge in [0.15, 0.2) is 0 Å². The molecule has 1 saturated heterocycles. The van der Waals surface area contributed by atoms with Crippen LogP contribution in [0.5, 0.6) is 0 Å². The van der Waals surface area contributed by atoms with Crippen LogP contribution in [-0.4, -0.2) is 46.2 Å². The van der Waals surface area contributed by atoms with Gasteiger partial charge in [-0.25, -0.2) is 0 Å². The Bertz CT molecular complexity index is 358. The maximum absolute atomic E-state index is 12.0. The quantitative estimate of drug-likeness (QED) is 0.741. The van der Waals surface area contributed by atoms with Crippen LogP contribution in [0.2, 0.25) is 0 Å². The number of hydrogen-bond acceptors (Lipinski definition) is 3. The zero-order valence-corrected chi connectivity index (χ0v) is 14.9. The Morgan fingerprint density at radius 2 is 1.95 bits per heavy atom. The maximum atomic E-state index is 12.0. The monoisotopic (exact) mass is 314 g/mol. The van der Waals surface area contributed by atoms with E-state index in [9.17, 15) is 9.90 Å². The molecule has 3 unspecified atom stereocenters. The number of carbonyl (C=O) groups excluding carboxylic acids is 1. The van der Waals surface area contributed by atoms with Gasteiger partial charge >= 0.3 is 0 Å². The molecule has 1 amide bonds. The SMILES string of the molecule is CC(C)C(C=PN1CCCCC1C)NC(=O)C(O)C(C)C. The summed E-state index contributed by atoms with van der Waals surface area (Å²) in [6.07, 6.45) is 2.91. The summed E-state index contributed by atoms with van der Waals surface area (Å²) in [6, 6.07) is 0.614. The lowest BCUT2D eigenvalue weighted by Gasteiger charge is -2.30. The van der Waals surface area contributed by atoms with E-state index in [0.717, 1.165) is 6.54 Å². The second-order valence-corrected chi connectivity index (χ2v) is 7.78. The number of nitrogens with one attached hydrogen (secondary N) is 1. The van der Waals surface area contributed by atoms with Crippen molar-refractivity contribution in [3.8, 4) is 0 Å². The number of aliphatic hydroxyl groups excluding tert-OH is 1. The maximum Gasteiger partial charge on any atom is 0.249 e. The van der Waals surface area contributed by atoms with Crippen LogP contribution in [0, 0.1) is 11.8 Å². The van der Waals surface area contributed by atoms with E-state index >= 15 is 0 Å². The van der Waals surface area contributed by atoms with E-state index in [0.29, 0.717) is 12.0 Å². The molecular formula is C16H31N2O2P. The van der Waals surface area contributed by atoms with Crippen molar-refractivity contribution in [2.24, 2.45) is 11.8 Å². The first-order chi connectivity index (χ1) is 9.82. The average molecular weight is 314 g/mol. The summed E-state index contributed by atoms with van der Waals surface area (Å²) in [5, 5.41) is 12.8. The molecule has 1 aliphatic rings. The van der Waals surface area contributed by atoms with Gasteiger partial charge < -0.3 is 10.4 Å². The van der Waals surface area contributed by atoms with E-state index in [1.165, 1.54) is 27.6 Å². The zero-order chi connectivity index (χ0) is 16.0. The van der Waals surface area contributed by atoms with Crippen LogP contribution in [-0.2, 0) is 4.79 Å². The van der Waals surface area contributed by atoms with Crippen molar-refractivity contribution in [2.45, 2.75) is 72.1 Å². The van der Waals surface area contributed by atoms with Gasteiger partial charge in [-0.2, -0.15) is 0 Å². The summed E-state index contributed by atoms with van der Waals surface area (Å²) in [5.41, 5.74) is 0. The van der Waals surface area contributed by atoms with Gasteiger partial charge in [-0.1, -0.05) is 34.1 Å². The molecule has 0 aromatic carbocycles. The second kappa shape index (κ2) is 8.87. The van der Waals surface area contributed by atoms with E-state index in [2.05, 4.69) is 36.6 Å². The molecule has 2 N–H and O–H groups in total. The minimum absolute atomic E-state index is 0.00157. The van der Waals surface area contributed by atoms with Crippen molar-refractivity contribution in [1.29, 1.82) is 0 Å². The Balaban J connectivity index is 2.63. The molecule has 0 aromatic heterocycles. The molecule has 21 heavy (non-hydrogen) atoms. The average Bonchev–Trinajstić information content (AvgIpc) is 2.43. The number of aliphatic hydroxyl groups is 1. The van der Waals surface area contributed by atoms with Crippen molar-refractivity contribution in [3.05, 3.63) is 0 Å². The summed E-state index contributed by atoms with van der Waals surface area (Å²) < 4.78 is 2.45. The first kappa shape index (κ1) is 18.6. The molecule has 0 bridgehead atoms. The third-order valence-corrected chi connectivity index (χ3v) is 5.42. The summed E-state index contributed by atoms with van der Waals surface area (Å²) in [5.74, 6) is 2.16. The molecule has 0 aliphatic carbocycles. The van der Waals surface area contributed by atoms with Gasteiger partial charge in [-0.15, -0.1) is 0 Å². The molecule has 0 saturated carbocycles. The second-order valence-electron chi connectivity index (χ2n) is 6.74. The predicted molar refractivity (Wildman–Crippen MR) is 90.6 cm³/mol. The first-order valence-corrected chi connectivity index (χ1v) is 9.03. The van der Waals surface area contributed by atoms with Gasteiger partial charge in [-0.3, -0.25) is 9.46 Å². The molecule has 3 atom stereocenters. The highest BCUT2D eigenvalue weighted by Gasteiger charge is 2.23. The Labute approximate surface area is 131 Å². The van der Waals surface area contributed by atoms with Gasteiger partial charge in [0, 0.05) is 12.6 Å². The zero-order valence-electron chi connectivity index (χ0n) is 14.0.